The van der Waals surface area contributed by atoms with Crippen LogP contribution in [0.2, 0.25) is 0 Å². The van der Waals surface area contributed by atoms with Crippen molar-refractivity contribution in [1.29, 1.82) is 0 Å². The third-order valence-corrected chi connectivity index (χ3v) is 15.7. The first-order chi connectivity index (χ1) is 40.7. The molecule has 83 heavy (non-hydrogen) atoms. The highest BCUT2D eigenvalue weighted by molar-refractivity contribution is 7.16. The number of hydrogen-bond acceptors (Lipinski definition) is 1. The van der Waals surface area contributed by atoms with Gasteiger partial charge in [-0.25, -0.2) is 4.57 Å². The largest absolute Gasteiger partial charge is 0.324 e. The van der Waals surface area contributed by atoms with Gasteiger partial charge >= 0.3 is 8.69 Å². The molecule has 514 valence electrons. The lowest BCUT2D eigenvalue weighted by atomic mass is 10.1. The normalized spacial score (nSPS) is 10.1. The van der Waals surface area contributed by atoms with E-state index in [1.807, 2.05) is 0 Å². The molecule has 0 aromatic heterocycles. The highest BCUT2D eigenvalue weighted by Crippen LogP contribution is 2.13. The van der Waals surface area contributed by atoms with Crippen LogP contribution in [0.15, 0.2) is 0 Å². The van der Waals surface area contributed by atoms with Crippen LogP contribution in [-0.2, 0) is 4.57 Å². The fourth-order valence-electron chi connectivity index (χ4n) is 9.66. The Bertz CT molecular complexity index is 576. The molecular weight excluding hydrogens is 1020 g/mol. The first-order valence-corrected chi connectivity index (χ1v) is 40.5. The van der Waals surface area contributed by atoms with Crippen molar-refractivity contribution in [2.75, 3.05) is 0 Å². The summed E-state index contributed by atoms with van der Waals surface area (Å²) in [5.41, 5.74) is 0. The van der Waals surface area contributed by atoms with Gasteiger partial charge in [0.2, 0.25) is 0 Å². The fraction of sp³-hybridized carbons (Fsp3) is 1.00. The summed E-state index contributed by atoms with van der Waals surface area (Å²) >= 11 is 0. The van der Waals surface area contributed by atoms with Crippen LogP contribution < -0.4 is 0 Å². The van der Waals surface area contributed by atoms with Gasteiger partial charge in [-0.3, -0.25) is 0 Å². The smallest absolute Gasteiger partial charge is 0.310 e. The van der Waals surface area contributed by atoms with E-state index in [-0.39, 0.29) is 0 Å². The van der Waals surface area contributed by atoms with Crippen molar-refractivity contribution in [2.45, 2.75) is 522 Å². The maximum absolute atomic E-state index is 8.46. The number of unbranched alkanes of at least 4 members (excludes halogenated alkanes) is 56. The third-order valence-electron chi connectivity index (χ3n) is 15.7. The summed E-state index contributed by atoms with van der Waals surface area (Å²) in [6.07, 6.45) is 91.7. The summed E-state index contributed by atoms with van der Waals surface area (Å²) in [6.45, 7) is 36.3. The molecule has 0 aromatic rings. The summed E-state index contributed by atoms with van der Waals surface area (Å²) in [5, 5.41) is 0. The van der Waals surface area contributed by atoms with Crippen LogP contribution in [-0.4, -0.2) is 4.89 Å². The molecule has 2 nitrogen and oxygen atoms in total. The lowest BCUT2D eigenvalue weighted by Crippen LogP contribution is -1.77. The van der Waals surface area contributed by atoms with Crippen LogP contribution in [0.4, 0.5) is 0 Å². The predicted molar refractivity (Wildman–Crippen MR) is 396 cm³/mol. The molecule has 0 heterocycles. The van der Waals surface area contributed by atoms with E-state index >= 15 is 0 Å². The van der Waals surface area contributed by atoms with Gasteiger partial charge in [-0.1, -0.05) is 522 Å². The van der Waals surface area contributed by atoms with Crippen LogP contribution in [0, 0.1) is 0 Å². The Balaban J connectivity index is -0.000000107. The van der Waals surface area contributed by atoms with Gasteiger partial charge in [-0.2, -0.15) is 0 Å². The third kappa shape index (κ3) is 167. The van der Waals surface area contributed by atoms with Crippen molar-refractivity contribution in [1.82, 2.24) is 0 Å². The highest BCUT2D eigenvalue weighted by atomic mass is 31.1. The quantitative estimate of drug-likeness (QED) is 0.0487. The van der Waals surface area contributed by atoms with E-state index in [4.69, 9.17) is 9.46 Å². The second-order valence-electron chi connectivity index (χ2n) is 25.1. The number of hydrogen-bond donors (Lipinski definition) is 1. The molecule has 1 N–H and O–H groups in total. The first kappa shape index (κ1) is 102. The van der Waals surface area contributed by atoms with Crippen molar-refractivity contribution < 1.29 is 9.46 Å². The van der Waals surface area contributed by atoms with Crippen molar-refractivity contribution >= 4 is 8.69 Å². The van der Waals surface area contributed by atoms with Gasteiger partial charge in [0, 0.05) is 0 Å². The molecule has 0 saturated heterocycles. The van der Waals surface area contributed by atoms with Crippen molar-refractivity contribution in [3.63, 3.8) is 0 Å². The predicted octanol–water partition coefficient (Wildman–Crippen LogP) is 33.4. The maximum Gasteiger partial charge on any atom is 0.324 e. The number of rotatable bonds is 56. The molecule has 0 saturated carbocycles. The lowest BCUT2D eigenvalue weighted by Gasteiger charge is -1.97. The second-order valence-corrected chi connectivity index (χ2v) is 25.2. The Labute approximate surface area is 537 Å². The molecule has 0 spiro atoms. The Hall–Kier alpha value is 0.0600. The highest BCUT2D eigenvalue weighted by Gasteiger charge is 1.93. The molecule has 0 amide bonds. The van der Waals surface area contributed by atoms with Gasteiger partial charge in [0.25, 0.3) is 0 Å². The van der Waals surface area contributed by atoms with Gasteiger partial charge in [-0.15, -0.1) is 0 Å². The minimum Gasteiger partial charge on any atom is -0.310 e. The molecule has 0 rings (SSSR count). The molecule has 0 atom stereocenters. The zero-order chi connectivity index (χ0) is 64.0. The summed E-state index contributed by atoms with van der Waals surface area (Å²) in [5.74, 6) is 0. The molecular formula is C80H177O2P. The Kier molecular flexibility index (Phi) is 157. The standard InChI is InChI=1S/8C10H22.HO2P/c8*1-3-5-7-9-10-8-6-4-2;1-3-2/h8*3-10H2,1-2H3;(H,1,2). The summed E-state index contributed by atoms with van der Waals surface area (Å²) in [4.78, 5) is 6.99. The van der Waals surface area contributed by atoms with Crippen LogP contribution in [0.1, 0.15) is 522 Å². The van der Waals surface area contributed by atoms with Crippen molar-refractivity contribution in [3.05, 3.63) is 0 Å². The minimum atomic E-state index is -0.833. The summed E-state index contributed by atoms with van der Waals surface area (Å²) < 4.78 is 8.46. The molecule has 3 heteroatoms. The maximum atomic E-state index is 8.46. The van der Waals surface area contributed by atoms with Gasteiger partial charge in [-0.05, 0) is 0 Å². The topological polar surface area (TPSA) is 37.3 Å². The molecule has 0 bridgehead atoms. The SMILES string of the molecule is CCCCCCCCCC.CCCCCCCCCC.CCCCCCCCCC.CCCCCCCCCC.CCCCCCCCCC.CCCCCCCCCC.CCCCCCCCCC.CCCCCCCCCC.O=PO. The molecule has 0 aliphatic rings. The van der Waals surface area contributed by atoms with Gasteiger partial charge in [0.15, 0.2) is 0 Å². The first-order valence-electron chi connectivity index (χ1n) is 39.7. The average Bonchev–Trinajstić information content (AvgIpc) is 3.50. The van der Waals surface area contributed by atoms with E-state index in [1.165, 1.54) is 411 Å². The fourth-order valence-corrected chi connectivity index (χ4v) is 9.66. The van der Waals surface area contributed by atoms with Gasteiger partial charge in [0.05, 0.1) is 0 Å². The Morgan fingerprint density at radius 3 is 0.205 bits per heavy atom. The Morgan fingerprint density at radius 1 is 0.133 bits per heavy atom. The molecule has 0 fully saturated rings. The van der Waals surface area contributed by atoms with E-state index in [9.17, 15) is 0 Å². The van der Waals surface area contributed by atoms with Gasteiger partial charge < -0.3 is 4.89 Å². The molecule has 0 aliphatic heterocycles. The second kappa shape index (κ2) is 127. The van der Waals surface area contributed by atoms with Gasteiger partial charge in [0.1, 0.15) is 0 Å². The van der Waals surface area contributed by atoms with Crippen LogP contribution in [0.5, 0.6) is 0 Å². The van der Waals surface area contributed by atoms with Crippen molar-refractivity contribution in [3.8, 4) is 0 Å². The van der Waals surface area contributed by atoms with E-state index in [0.717, 1.165) is 0 Å². The summed E-state index contributed by atoms with van der Waals surface area (Å²) in [7, 11) is -0.833. The molecule has 0 radical (unpaired) electrons. The molecule has 0 unspecified atom stereocenters. The minimum absolute atomic E-state index is 0.833. The van der Waals surface area contributed by atoms with E-state index in [1.54, 1.807) is 0 Å². The molecule has 0 aliphatic carbocycles. The van der Waals surface area contributed by atoms with Crippen LogP contribution >= 0.6 is 8.69 Å². The van der Waals surface area contributed by atoms with E-state index in [0.29, 0.717) is 0 Å². The summed E-state index contributed by atoms with van der Waals surface area (Å²) in [6, 6.07) is 0. The average molecular weight is 1200 g/mol. The van der Waals surface area contributed by atoms with Crippen molar-refractivity contribution in [2.24, 2.45) is 0 Å². The zero-order valence-electron chi connectivity index (χ0n) is 62.6. The van der Waals surface area contributed by atoms with Crippen LogP contribution in [0.3, 0.4) is 0 Å². The van der Waals surface area contributed by atoms with E-state index < -0.39 is 8.69 Å². The van der Waals surface area contributed by atoms with Crippen LogP contribution in [0.25, 0.3) is 0 Å². The Morgan fingerprint density at radius 2 is 0.169 bits per heavy atom. The zero-order valence-corrected chi connectivity index (χ0v) is 63.5. The van der Waals surface area contributed by atoms with E-state index in [2.05, 4.69) is 111 Å². The monoisotopic (exact) mass is 1200 g/mol. The molecule has 0 aromatic carbocycles. The lowest BCUT2D eigenvalue weighted by molar-refractivity contribution is 0.524.